The largest absolute Gasteiger partial charge is 0.369 e. The summed E-state index contributed by atoms with van der Waals surface area (Å²) in [6, 6.07) is 14.1. The third-order valence-electron chi connectivity index (χ3n) is 6.17. The second kappa shape index (κ2) is 8.80. The molecular weight excluding hydrogens is 430 g/mol. The Morgan fingerprint density at radius 3 is 2.09 bits per heavy atom. The number of benzene rings is 2. The number of fused-ring (bicyclic) bond motifs is 1. The van der Waals surface area contributed by atoms with Crippen molar-refractivity contribution < 1.29 is 9.59 Å². The second-order valence-electron chi connectivity index (χ2n) is 8.09. The van der Waals surface area contributed by atoms with Crippen molar-refractivity contribution in [2.45, 2.75) is 19.3 Å². The number of anilines is 1. The highest BCUT2D eigenvalue weighted by atomic mass is 35.5. The van der Waals surface area contributed by atoms with E-state index in [1.54, 1.807) is 7.05 Å². The average molecular weight is 456 g/mol. The first-order valence-corrected chi connectivity index (χ1v) is 10.7. The zero-order valence-corrected chi connectivity index (χ0v) is 18.7. The number of imidazole rings is 1. The number of amides is 2. The van der Waals surface area contributed by atoms with Crippen molar-refractivity contribution >= 4 is 40.9 Å². The molecule has 0 aliphatic carbocycles. The minimum atomic E-state index is -0.398. The molecule has 1 N–H and O–H groups in total. The molecule has 0 saturated carbocycles. The van der Waals surface area contributed by atoms with Crippen molar-refractivity contribution in [2.24, 2.45) is 7.05 Å². The maximum absolute atomic E-state index is 12.9. The van der Waals surface area contributed by atoms with Crippen molar-refractivity contribution in [1.29, 1.82) is 0 Å². The molecule has 2 aliphatic heterocycles. The second-order valence-corrected chi connectivity index (χ2v) is 8.09. The zero-order chi connectivity index (χ0) is 21.5. The van der Waals surface area contributed by atoms with Crippen LogP contribution in [0.15, 0.2) is 47.3 Å². The van der Waals surface area contributed by atoms with Crippen LogP contribution in [-0.2, 0) is 16.6 Å². The molecule has 3 heterocycles. The molecule has 0 radical (unpaired) electrons. The monoisotopic (exact) mass is 455 g/mol. The molecule has 2 aromatic carbocycles. The fraction of sp³-hybridized carbons (Fsp3) is 0.348. The quantitative estimate of drug-likeness (QED) is 0.611. The molecule has 32 heavy (non-hydrogen) atoms. The van der Waals surface area contributed by atoms with Crippen molar-refractivity contribution in [3.8, 4) is 11.1 Å². The molecule has 3 aromatic rings. The van der Waals surface area contributed by atoms with Crippen LogP contribution in [0.5, 0.6) is 0 Å². The first-order chi connectivity index (χ1) is 15.0. The standard InChI is InChI=1S/C23H25N5O3.ClH/c1-25-20-15-17(16-5-8-18(9-6-16)26-13-11-24-12-14-26)7-10-19(20)27(23(25)31)28-21(29)3-2-4-22(28)30;/h5-10,15,24H,2-4,11-14H2,1H3;1H. The summed E-state index contributed by atoms with van der Waals surface area (Å²) in [7, 11) is 1.66. The van der Waals surface area contributed by atoms with E-state index in [-0.39, 0.29) is 37.1 Å². The first kappa shape index (κ1) is 22.1. The number of piperidine rings is 1. The van der Waals surface area contributed by atoms with E-state index < -0.39 is 5.69 Å². The molecule has 5 rings (SSSR count). The van der Waals surface area contributed by atoms with Crippen molar-refractivity contribution in [3.05, 3.63) is 52.9 Å². The van der Waals surface area contributed by atoms with E-state index in [1.165, 1.54) is 14.9 Å². The molecule has 0 unspecified atom stereocenters. The van der Waals surface area contributed by atoms with Crippen molar-refractivity contribution in [3.63, 3.8) is 0 Å². The molecule has 1 aromatic heterocycles. The maximum atomic E-state index is 12.9. The van der Waals surface area contributed by atoms with Gasteiger partial charge in [-0.05, 0) is 41.8 Å². The summed E-state index contributed by atoms with van der Waals surface area (Å²) in [5.74, 6) is -0.670. The highest BCUT2D eigenvalue weighted by Crippen LogP contribution is 2.27. The number of aromatic nitrogens is 2. The van der Waals surface area contributed by atoms with E-state index in [9.17, 15) is 14.4 Å². The molecular formula is C23H26ClN5O3. The number of halogens is 1. The Morgan fingerprint density at radius 2 is 1.44 bits per heavy atom. The Labute approximate surface area is 191 Å². The predicted octanol–water partition coefficient (Wildman–Crippen LogP) is 2.01. The van der Waals surface area contributed by atoms with Crippen LogP contribution in [0.3, 0.4) is 0 Å². The Morgan fingerprint density at radius 1 is 0.812 bits per heavy atom. The highest BCUT2D eigenvalue weighted by Gasteiger charge is 2.31. The summed E-state index contributed by atoms with van der Waals surface area (Å²) in [6.45, 7) is 3.97. The van der Waals surface area contributed by atoms with E-state index in [4.69, 9.17) is 0 Å². The normalized spacial score (nSPS) is 17.0. The van der Waals surface area contributed by atoms with E-state index in [2.05, 4.69) is 34.5 Å². The number of nitrogens with one attached hydrogen (secondary N) is 1. The van der Waals surface area contributed by atoms with Gasteiger partial charge < -0.3 is 10.2 Å². The van der Waals surface area contributed by atoms with Crippen molar-refractivity contribution in [2.75, 3.05) is 36.1 Å². The van der Waals surface area contributed by atoms with E-state index in [1.807, 2.05) is 18.2 Å². The lowest BCUT2D eigenvalue weighted by atomic mass is 10.0. The number of carbonyl (C=O) groups excluding carboxylic acids is 2. The van der Waals surface area contributed by atoms with E-state index in [0.29, 0.717) is 17.5 Å². The lowest BCUT2D eigenvalue weighted by Gasteiger charge is -2.29. The van der Waals surface area contributed by atoms with Gasteiger partial charge in [-0.15, -0.1) is 12.4 Å². The van der Waals surface area contributed by atoms with Crippen LogP contribution in [0.25, 0.3) is 22.2 Å². The van der Waals surface area contributed by atoms with E-state index >= 15 is 0 Å². The van der Waals surface area contributed by atoms with Gasteiger partial charge in [0.2, 0.25) is 11.8 Å². The predicted molar refractivity (Wildman–Crippen MR) is 127 cm³/mol. The molecule has 0 bridgehead atoms. The summed E-state index contributed by atoms with van der Waals surface area (Å²) in [5, 5.41) is 4.37. The van der Waals surface area contributed by atoms with Gasteiger partial charge in [0, 0.05) is 51.8 Å². The fourth-order valence-corrected chi connectivity index (χ4v) is 4.44. The van der Waals surface area contributed by atoms with Crippen molar-refractivity contribution in [1.82, 2.24) is 14.6 Å². The van der Waals surface area contributed by atoms with E-state index in [0.717, 1.165) is 42.3 Å². The summed E-state index contributed by atoms with van der Waals surface area (Å²) in [4.78, 5) is 40.1. The number of carbonyl (C=O) groups is 2. The minimum Gasteiger partial charge on any atom is -0.369 e. The average Bonchev–Trinajstić information content (AvgIpc) is 3.04. The van der Waals surface area contributed by atoms with Gasteiger partial charge in [0.25, 0.3) is 0 Å². The molecule has 2 fully saturated rings. The highest BCUT2D eigenvalue weighted by molar-refractivity contribution is 6.11. The number of aryl methyl sites for hydroxylation is 1. The van der Waals surface area contributed by atoms with Crippen LogP contribution in [-0.4, -0.2) is 47.2 Å². The number of nitrogens with zero attached hydrogens (tertiary/aromatic N) is 4. The maximum Gasteiger partial charge on any atom is 0.348 e. The Kier molecular flexibility index (Phi) is 6.08. The smallest absolute Gasteiger partial charge is 0.348 e. The molecule has 2 aliphatic rings. The number of rotatable bonds is 3. The van der Waals surface area contributed by atoms with Crippen LogP contribution >= 0.6 is 12.4 Å². The van der Waals surface area contributed by atoms with Gasteiger partial charge in [0.15, 0.2) is 0 Å². The third kappa shape index (κ3) is 3.69. The number of hydrogen-bond donors (Lipinski definition) is 1. The van der Waals surface area contributed by atoms with Gasteiger partial charge in [-0.2, -0.15) is 9.69 Å². The third-order valence-corrected chi connectivity index (χ3v) is 6.17. The van der Waals surface area contributed by atoms with Gasteiger partial charge >= 0.3 is 5.69 Å². The zero-order valence-electron chi connectivity index (χ0n) is 17.9. The van der Waals surface area contributed by atoms with Gasteiger partial charge in [-0.3, -0.25) is 14.2 Å². The van der Waals surface area contributed by atoms with Crippen LogP contribution in [0.4, 0.5) is 5.69 Å². The van der Waals surface area contributed by atoms with Crippen LogP contribution in [0, 0.1) is 0 Å². The summed E-state index contributed by atoms with van der Waals surface area (Å²) in [5.41, 5.74) is 4.06. The summed E-state index contributed by atoms with van der Waals surface area (Å²) >= 11 is 0. The molecule has 0 spiro atoms. The SMILES string of the molecule is Cl.Cn1c(=O)n(N2C(=O)CCCC2=O)c2ccc(-c3ccc(N4CCNCC4)cc3)cc21. The fourth-order valence-electron chi connectivity index (χ4n) is 4.44. The van der Waals surface area contributed by atoms with Gasteiger partial charge in [-0.25, -0.2) is 4.79 Å². The Bertz CT molecular complexity index is 1210. The Balaban J connectivity index is 0.00000245. The molecule has 2 amide bonds. The molecule has 2 saturated heterocycles. The molecule has 0 atom stereocenters. The lowest BCUT2D eigenvalue weighted by Crippen LogP contribution is -2.52. The van der Waals surface area contributed by atoms with Crippen LogP contribution in [0.2, 0.25) is 0 Å². The lowest BCUT2D eigenvalue weighted by molar-refractivity contribution is -0.131. The van der Waals surface area contributed by atoms with Crippen LogP contribution in [0.1, 0.15) is 19.3 Å². The Hall–Kier alpha value is -3.10. The first-order valence-electron chi connectivity index (χ1n) is 10.7. The van der Waals surface area contributed by atoms with Gasteiger partial charge in [0.05, 0.1) is 11.0 Å². The molecule has 168 valence electrons. The minimum absolute atomic E-state index is 0. The van der Waals surface area contributed by atoms with Gasteiger partial charge in [-0.1, -0.05) is 18.2 Å². The summed E-state index contributed by atoms with van der Waals surface area (Å²) < 4.78 is 2.71. The van der Waals surface area contributed by atoms with Gasteiger partial charge in [0.1, 0.15) is 0 Å². The topological polar surface area (TPSA) is 79.6 Å². The number of hydrogen-bond acceptors (Lipinski definition) is 5. The summed E-state index contributed by atoms with van der Waals surface area (Å²) in [6.07, 6.45) is 1.07. The molecule has 9 heteroatoms. The molecule has 8 nitrogen and oxygen atoms in total. The van der Waals surface area contributed by atoms with Crippen LogP contribution < -0.4 is 20.9 Å². The number of imide groups is 1. The number of piperazine rings is 1.